The van der Waals surface area contributed by atoms with Crippen LogP contribution in [0.4, 0.5) is 0 Å². The number of aromatic nitrogens is 2. The minimum absolute atomic E-state index is 0.0864. The predicted molar refractivity (Wildman–Crippen MR) is 108 cm³/mol. The summed E-state index contributed by atoms with van der Waals surface area (Å²) in [4.78, 5) is 41.5. The molecule has 1 aromatic heterocycles. The highest BCUT2D eigenvalue weighted by Crippen LogP contribution is 2.17. The summed E-state index contributed by atoms with van der Waals surface area (Å²) in [7, 11) is 0. The van der Waals surface area contributed by atoms with Gasteiger partial charge in [-0.1, -0.05) is 30.3 Å². The number of fused-ring (bicyclic) bond motifs is 2. The van der Waals surface area contributed by atoms with Crippen molar-refractivity contribution in [2.75, 3.05) is 6.61 Å². The van der Waals surface area contributed by atoms with Crippen LogP contribution in [-0.4, -0.2) is 28.0 Å². The molecule has 1 N–H and O–H groups in total. The number of carbonyl (C=O) groups excluding carboxylic acids is 2. The van der Waals surface area contributed by atoms with Crippen molar-refractivity contribution in [3.8, 4) is 0 Å². The van der Waals surface area contributed by atoms with Crippen molar-refractivity contribution < 1.29 is 14.3 Å². The molecule has 0 fully saturated rings. The Labute approximate surface area is 167 Å². The fraction of sp³-hybridized carbons (Fsp3) is 0.273. The zero-order valence-corrected chi connectivity index (χ0v) is 16.1. The van der Waals surface area contributed by atoms with Crippen molar-refractivity contribution in [2.24, 2.45) is 0 Å². The molecule has 7 nitrogen and oxygen atoms in total. The monoisotopic (exact) mass is 391 g/mol. The maximum Gasteiger partial charge on any atom is 0.338 e. The van der Waals surface area contributed by atoms with Crippen LogP contribution in [0.15, 0.2) is 53.3 Å². The molecule has 0 bridgehead atoms. The largest absolute Gasteiger partial charge is 0.452 e. The van der Waals surface area contributed by atoms with Gasteiger partial charge in [0, 0.05) is 13.0 Å². The standard InChI is InChI=1S/C22H21N3O4/c1-14(15-6-3-2-4-7-15)23-20(26)13-29-22(28)16-9-10-17-18(12-16)24-19-8-5-11-25(19)21(17)27/h2-4,6-7,9-10,12,14H,5,8,11,13H2,1H3,(H,23,26)/t14-/m1/s1. The van der Waals surface area contributed by atoms with Crippen LogP contribution in [-0.2, 0) is 22.5 Å². The first kappa shape index (κ1) is 18.9. The maximum absolute atomic E-state index is 12.5. The molecular weight excluding hydrogens is 370 g/mol. The van der Waals surface area contributed by atoms with Gasteiger partial charge >= 0.3 is 5.97 Å². The van der Waals surface area contributed by atoms with Crippen molar-refractivity contribution in [2.45, 2.75) is 32.4 Å². The molecule has 0 aliphatic carbocycles. The minimum Gasteiger partial charge on any atom is -0.452 e. The number of carbonyl (C=O) groups is 2. The van der Waals surface area contributed by atoms with Gasteiger partial charge in [0.05, 0.1) is 22.5 Å². The topological polar surface area (TPSA) is 90.3 Å². The second-order valence-corrected chi connectivity index (χ2v) is 7.10. The van der Waals surface area contributed by atoms with E-state index in [1.807, 2.05) is 37.3 Å². The highest BCUT2D eigenvalue weighted by atomic mass is 16.5. The number of esters is 1. The van der Waals surface area contributed by atoms with Gasteiger partial charge in [0.25, 0.3) is 11.5 Å². The molecular formula is C22H21N3O4. The fourth-order valence-corrected chi connectivity index (χ4v) is 3.53. The Morgan fingerprint density at radius 3 is 2.79 bits per heavy atom. The second-order valence-electron chi connectivity index (χ2n) is 7.10. The Morgan fingerprint density at radius 1 is 1.21 bits per heavy atom. The number of hydrogen-bond acceptors (Lipinski definition) is 5. The average molecular weight is 391 g/mol. The molecule has 148 valence electrons. The van der Waals surface area contributed by atoms with Gasteiger partial charge in [-0.3, -0.25) is 14.2 Å². The van der Waals surface area contributed by atoms with E-state index in [2.05, 4.69) is 10.3 Å². The molecule has 2 aromatic carbocycles. The summed E-state index contributed by atoms with van der Waals surface area (Å²) < 4.78 is 6.82. The highest BCUT2D eigenvalue weighted by Gasteiger charge is 2.18. The summed E-state index contributed by atoms with van der Waals surface area (Å²) in [5.74, 6) is -0.274. The summed E-state index contributed by atoms with van der Waals surface area (Å²) in [6, 6.07) is 14.0. The number of benzene rings is 2. The molecule has 0 saturated carbocycles. The molecule has 4 rings (SSSR count). The van der Waals surface area contributed by atoms with E-state index < -0.39 is 5.97 Å². The summed E-state index contributed by atoms with van der Waals surface area (Å²) in [5.41, 5.74) is 1.61. The summed E-state index contributed by atoms with van der Waals surface area (Å²) in [6.45, 7) is 2.16. The van der Waals surface area contributed by atoms with Crippen LogP contribution in [0.1, 0.15) is 41.1 Å². The Hall–Kier alpha value is -3.48. The van der Waals surface area contributed by atoms with Gasteiger partial charge in [-0.25, -0.2) is 9.78 Å². The van der Waals surface area contributed by atoms with Crippen molar-refractivity contribution in [1.29, 1.82) is 0 Å². The number of ether oxygens (including phenoxy) is 1. The molecule has 1 amide bonds. The van der Waals surface area contributed by atoms with Gasteiger partial charge in [0.1, 0.15) is 5.82 Å². The molecule has 7 heteroatoms. The lowest BCUT2D eigenvalue weighted by Gasteiger charge is -2.14. The maximum atomic E-state index is 12.5. The van der Waals surface area contributed by atoms with E-state index in [0.717, 1.165) is 24.2 Å². The Kier molecular flexibility index (Phi) is 5.12. The molecule has 1 aliphatic rings. The first-order chi connectivity index (χ1) is 14.0. The van der Waals surface area contributed by atoms with Crippen molar-refractivity contribution in [3.05, 3.63) is 75.8 Å². The average Bonchev–Trinajstić information content (AvgIpc) is 3.21. The number of nitrogens with zero attached hydrogens (tertiary/aromatic N) is 2. The molecule has 2 heterocycles. The zero-order chi connectivity index (χ0) is 20.4. The molecule has 29 heavy (non-hydrogen) atoms. The SMILES string of the molecule is C[C@@H](NC(=O)COC(=O)c1ccc2c(=O)n3c(nc2c1)CCC3)c1ccccc1. The number of nitrogens with one attached hydrogen (secondary N) is 1. The van der Waals surface area contributed by atoms with Crippen LogP contribution >= 0.6 is 0 Å². The van der Waals surface area contributed by atoms with Crippen LogP contribution < -0.4 is 10.9 Å². The van der Waals surface area contributed by atoms with Gasteiger partial charge in [-0.15, -0.1) is 0 Å². The van der Waals surface area contributed by atoms with Gasteiger partial charge in [-0.05, 0) is 37.1 Å². The van der Waals surface area contributed by atoms with E-state index in [1.54, 1.807) is 16.7 Å². The lowest BCUT2D eigenvalue weighted by Crippen LogP contribution is -2.31. The van der Waals surface area contributed by atoms with Crippen LogP contribution in [0.25, 0.3) is 10.9 Å². The summed E-state index contributed by atoms with van der Waals surface area (Å²) in [6.07, 6.45) is 1.64. The van der Waals surface area contributed by atoms with Crippen molar-refractivity contribution in [1.82, 2.24) is 14.9 Å². The molecule has 3 aromatic rings. The third-order valence-corrected chi connectivity index (χ3v) is 5.06. The van der Waals surface area contributed by atoms with E-state index >= 15 is 0 Å². The zero-order valence-electron chi connectivity index (χ0n) is 16.1. The van der Waals surface area contributed by atoms with Gasteiger partial charge in [0.2, 0.25) is 0 Å². The fourth-order valence-electron chi connectivity index (χ4n) is 3.53. The Balaban J connectivity index is 1.42. The van der Waals surface area contributed by atoms with E-state index in [0.29, 0.717) is 17.4 Å². The van der Waals surface area contributed by atoms with Crippen LogP contribution in [0, 0.1) is 0 Å². The number of amides is 1. The van der Waals surface area contributed by atoms with E-state index in [-0.39, 0.29) is 29.7 Å². The minimum atomic E-state index is -0.628. The Morgan fingerprint density at radius 2 is 2.00 bits per heavy atom. The van der Waals surface area contributed by atoms with Gasteiger partial charge in [0.15, 0.2) is 6.61 Å². The molecule has 1 atom stereocenters. The van der Waals surface area contributed by atoms with Crippen molar-refractivity contribution >= 4 is 22.8 Å². The lowest BCUT2D eigenvalue weighted by molar-refractivity contribution is -0.124. The Bertz CT molecular complexity index is 1140. The number of aryl methyl sites for hydroxylation is 1. The van der Waals surface area contributed by atoms with Crippen LogP contribution in [0.3, 0.4) is 0 Å². The van der Waals surface area contributed by atoms with E-state index in [4.69, 9.17) is 4.74 Å². The van der Waals surface area contributed by atoms with Gasteiger partial charge < -0.3 is 10.1 Å². The lowest BCUT2D eigenvalue weighted by atomic mass is 10.1. The van der Waals surface area contributed by atoms with Gasteiger partial charge in [-0.2, -0.15) is 0 Å². The van der Waals surface area contributed by atoms with E-state index in [1.165, 1.54) is 6.07 Å². The molecule has 0 radical (unpaired) electrons. The highest BCUT2D eigenvalue weighted by molar-refractivity contribution is 5.95. The molecule has 0 unspecified atom stereocenters. The van der Waals surface area contributed by atoms with E-state index in [9.17, 15) is 14.4 Å². The normalized spacial score (nSPS) is 13.7. The first-order valence-electron chi connectivity index (χ1n) is 9.58. The number of rotatable bonds is 5. The first-order valence-corrected chi connectivity index (χ1v) is 9.58. The van der Waals surface area contributed by atoms with Crippen molar-refractivity contribution in [3.63, 3.8) is 0 Å². The molecule has 1 aliphatic heterocycles. The smallest absolute Gasteiger partial charge is 0.338 e. The van der Waals surface area contributed by atoms with Crippen LogP contribution in [0.2, 0.25) is 0 Å². The van der Waals surface area contributed by atoms with Crippen LogP contribution in [0.5, 0.6) is 0 Å². The quantitative estimate of drug-likeness (QED) is 0.675. The molecule has 0 spiro atoms. The molecule has 0 saturated heterocycles. The summed E-state index contributed by atoms with van der Waals surface area (Å²) in [5, 5.41) is 3.27. The predicted octanol–water partition coefficient (Wildman–Crippen LogP) is 2.38. The number of hydrogen-bond donors (Lipinski definition) is 1. The third-order valence-electron chi connectivity index (χ3n) is 5.06. The third kappa shape index (κ3) is 3.89. The second kappa shape index (κ2) is 7.87. The summed E-state index contributed by atoms with van der Waals surface area (Å²) >= 11 is 0.